The van der Waals surface area contributed by atoms with E-state index in [0.29, 0.717) is 79.3 Å². The van der Waals surface area contributed by atoms with Gasteiger partial charge >= 0.3 is 11.9 Å². The highest BCUT2D eigenvalue weighted by atomic mass is 16.6. The second-order valence-corrected chi connectivity index (χ2v) is 9.50. The number of rotatable bonds is 31. The van der Waals surface area contributed by atoms with Crippen molar-refractivity contribution in [2.75, 3.05) is 92.5 Å². The van der Waals surface area contributed by atoms with Crippen molar-refractivity contribution in [2.45, 2.75) is 79.1 Å². The summed E-state index contributed by atoms with van der Waals surface area (Å²) in [5.74, 6) is -0.246. The lowest BCUT2D eigenvalue weighted by molar-refractivity contribution is -0.151. The highest BCUT2D eigenvalue weighted by Crippen LogP contribution is 2.15. The van der Waals surface area contributed by atoms with Crippen LogP contribution in [0.3, 0.4) is 0 Å². The number of esters is 2. The Balaban J connectivity index is 3.30. The highest BCUT2D eigenvalue weighted by Gasteiger charge is 2.17. The molecule has 0 bridgehead atoms. The second-order valence-electron chi connectivity index (χ2n) is 9.50. The summed E-state index contributed by atoms with van der Waals surface area (Å²) in [5.41, 5.74) is 0. The number of ether oxygens (including phenoxy) is 8. The van der Waals surface area contributed by atoms with Crippen LogP contribution in [0, 0.1) is 11.8 Å². The minimum Gasteiger partial charge on any atom is -0.463 e. The molecule has 0 saturated heterocycles. The SMILES string of the molecule is CCCCC(CC)C(=O)OCCOCCOCCOCCOCCOCCOCCOC(=O)C(CC)CCCC. The van der Waals surface area contributed by atoms with Gasteiger partial charge in [0.1, 0.15) is 13.2 Å². The Morgan fingerprint density at radius 3 is 0.900 bits per heavy atom. The quantitative estimate of drug-likeness (QED) is 0.0855. The Hall–Kier alpha value is -1.30. The van der Waals surface area contributed by atoms with E-state index in [0.717, 1.165) is 51.4 Å². The zero-order chi connectivity index (χ0) is 29.5. The van der Waals surface area contributed by atoms with Crippen LogP contribution in [0.15, 0.2) is 0 Å². The van der Waals surface area contributed by atoms with Crippen molar-refractivity contribution >= 4 is 11.9 Å². The minimum absolute atomic E-state index is 0.00246. The largest absolute Gasteiger partial charge is 0.463 e. The predicted molar refractivity (Wildman–Crippen MR) is 153 cm³/mol. The summed E-state index contributed by atoms with van der Waals surface area (Å²) >= 11 is 0. The van der Waals surface area contributed by atoms with E-state index >= 15 is 0 Å². The summed E-state index contributed by atoms with van der Waals surface area (Å²) in [6.45, 7) is 14.3. The van der Waals surface area contributed by atoms with Gasteiger partial charge in [-0.2, -0.15) is 0 Å². The second kappa shape index (κ2) is 30.7. The van der Waals surface area contributed by atoms with Gasteiger partial charge in [0.2, 0.25) is 0 Å². The van der Waals surface area contributed by atoms with E-state index < -0.39 is 0 Å². The minimum atomic E-state index is -0.121. The molecular weight excluding hydrogens is 520 g/mol. The zero-order valence-corrected chi connectivity index (χ0v) is 25.8. The smallest absolute Gasteiger partial charge is 0.308 e. The third-order valence-corrected chi connectivity index (χ3v) is 6.27. The molecule has 0 N–H and O–H groups in total. The number of hydrogen-bond donors (Lipinski definition) is 0. The molecule has 0 heterocycles. The Bertz CT molecular complexity index is 513. The molecule has 0 aliphatic rings. The van der Waals surface area contributed by atoms with Gasteiger partial charge in [0.05, 0.1) is 91.1 Å². The van der Waals surface area contributed by atoms with Crippen LogP contribution in [0.1, 0.15) is 79.1 Å². The van der Waals surface area contributed by atoms with E-state index in [2.05, 4.69) is 13.8 Å². The molecule has 2 unspecified atom stereocenters. The molecule has 0 spiro atoms. The molecule has 0 amide bonds. The Kier molecular flexibility index (Phi) is 29.7. The Morgan fingerprint density at radius 1 is 0.425 bits per heavy atom. The van der Waals surface area contributed by atoms with Gasteiger partial charge in [-0.3, -0.25) is 9.59 Å². The van der Waals surface area contributed by atoms with Crippen LogP contribution in [-0.2, 0) is 47.5 Å². The highest BCUT2D eigenvalue weighted by molar-refractivity contribution is 5.72. The monoisotopic (exact) mass is 578 g/mol. The maximum absolute atomic E-state index is 12.0. The number of unbranched alkanes of at least 4 members (excludes halogenated alkanes) is 2. The van der Waals surface area contributed by atoms with E-state index in [4.69, 9.17) is 37.9 Å². The summed E-state index contributed by atoms with van der Waals surface area (Å²) < 4.78 is 43.3. The fourth-order valence-electron chi connectivity index (χ4n) is 3.72. The van der Waals surface area contributed by atoms with Gasteiger partial charge < -0.3 is 37.9 Å². The fraction of sp³-hybridized carbons (Fsp3) is 0.933. The molecule has 0 aliphatic heterocycles. The van der Waals surface area contributed by atoms with Gasteiger partial charge in [-0.15, -0.1) is 0 Å². The normalized spacial score (nSPS) is 12.8. The summed E-state index contributed by atoms with van der Waals surface area (Å²) in [4.78, 5) is 24.0. The molecule has 238 valence electrons. The van der Waals surface area contributed by atoms with Gasteiger partial charge in [0.15, 0.2) is 0 Å². The first-order valence-corrected chi connectivity index (χ1v) is 15.4. The Labute approximate surface area is 243 Å². The maximum Gasteiger partial charge on any atom is 0.308 e. The van der Waals surface area contributed by atoms with Gasteiger partial charge in [-0.05, 0) is 25.7 Å². The molecule has 2 atom stereocenters. The molecule has 0 rings (SSSR count). The molecule has 10 heteroatoms. The van der Waals surface area contributed by atoms with Crippen LogP contribution in [0.4, 0.5) is 0 Å². The van der Waals surface area contributed by atoms with E-state index in [9.17, 15) is 9.59 Å². The van der Waals surface area contributed by atoms with Crippen LogP contribution in [-0.4, -0.2) is 104 Å². The molecule has 40 heavy (non-hydrogen) atoms. The van der Waals surface area contributed by atoms with Gasteiger partial charge in [-0.25, -0.2) is 0 Å². The van der Waals surface area contributed by atoms with Crippen LogP contribution >= 0.6 is 0 Å². The molecule has 0 saturated carbocycles. The molecule has 0 radical (unpaired) electrons. The number of carbonyl (C=O) groups excluding carboxylic acids is 2. The van der Waals surface area contributed by atoms with Crippen LogP contribution in [0.25, 0.3) is 0 Å². The van der Waals surface area contributed by atoms with E-state index in [-0.39, 0.29) is 37.0 Å². The maximum atomic E-state index is 12.0. The molecule has 0 aliphatic carbocycles. The van der Waals surface area contributed by atoms with Gasteiger partial charge in [-0.1, -0.05) is 53.4 Å². The molecular formula is C30H58O10. The molecule has 0 aromatic carbocycles. The molecule has 0 fully saturated rings. The zero-order valence-electron chi connectivity index (χ0n) is 25.8. The lowest BCUT2D eigenvalue weighted by Gasteiger charge is -2.13. The van der Waals surface area contributed by atoms with Crippen LogP contribution < -0.4 is 0 Å². The first-order valence-electron chi connectivity index (χ1n) is 15.4. The van der Waals surface area contributed by atoms with Crippen LogP contribution in [0.5, 0.6) is 0 Å². The molecule has 0 aromatic heterocycles. The average molecular weight is 579 g/mol. The first kappa shape index (κ1) is 38.7. The third kappa shape index (κ3) is 24.5. The van der Waals surface area contributed by atoms with Crippen LogP contribution in [0.2, 0.25) is 0 Å². The summed E-state index contributed by atoms with van der Waals surface area (Å²) in [6, 6.07) is 0. The van der Waals surface area contributed by atoms with E-state index in [1.54, 1.807) is 0 Å². The van der Waals surface area contributed by atoms with E-state index in [1.165, 1.54) is 0 Å². The lowest BCUT2D eigenvalue weighted by Crippen LogP contribution is -2.20. The van der Waals surface area contributed by atoms with Gasteiger partial charge in [0.25, 0.3) is 0 Å². The van der Waals surface area contributed by atoms with Crippen molar-refractivity contribution in [3.05, 3.63) is 0 Å². The summed E-state index contributed by atoms with van der Waals surface area (Å²) in [5, 5.41) is 0. The average Bonchev–Trinajstić information content (AvgIpc) is 2.96. The predicted octanol–water partition coefficient (Wildman–Crippen LogP) is 4.61. The topological polar surface area (TPSA) is 108 Å². The van der Waals surface area contributed by atoms with Crippen molar-refractivity contribution < 1.29 is 47.5 Å². The number of hydrogen-bond acceptors (Lipinski definition) is 10. The number of carbonyl (C=O) groups is 2. The van der Waals surface area contributed by atoms with Crippen molar-refractivity contribution in [1.29, 1.82) is 0 Å². The molecule has 0 aromatic rings. The van der Waals surface area contributed by atoms with Crippen molar-refractivity contribution in [3.8, 4) is 0 Å². The van der Waals surface area contributed by atoms with Crippen molar-refractivity contribution in [3.63, 3.8) is 0 Å². The first-order chi connectivity index (χ1) is 19.6. The van der Waals surface area contributed by atoms with E-state index in [1.807, 2.05) is 13.8 Å². The lowest BCUT2D eigenvalue weighted by atomic mass is 10.00. The van der Waals surface area contributed by atoms with Gasteiger partial charge in [0, 0.05) is 0 Å². The Morgan fingerprint density at radius 2 is 0.675 bits per heavy atom. The summed E-state index contributed by atoms with van der Waals surface area (Å²) in [7, 11) is 0. The fourth-order valence-corrected chi connectivity index (χ4v) is 3.72. The standard InChI is InChI=1S/C30H58O10/c1-5-9-11-27(7-3)29(31)39-25-23-37-21-19-35-17-15-33-13-14-34-16-18-36-20-22-38-24-26-40-30(32)28(8-4)12-10-6-2/h27-28H,5-26H2,1-4H3. The van der Waals surface area contributed by atoms with Crippen molar-refractivity contribution in [1.82, 2.24) is 0 Å². The summed E-state index contributed by atoms with van der Waals surface area (Å²) in [6.07, 6.45) is 7.67. The van der Waals surface area contributed by atoms with Crippen molar-refractivity contribution in [2.24, 2.45) is 11.8 Å². The third-order valence-electron chi connectivity index (χ3n) is 6.27. The molecule has 10 nitrogen and oxygen atoms in total.